The van der Waals surface area contributed by atoms with Gasteiger partial charge in [0.1, 0.15) is 10.8 Å². The minimum absolute atomic E-state index is 0.204. The molecule has 0 amide bonds. The van der Waals surface area contributed by atoms with Crippen LogP contribution in [0.2, 0.25) is 5.02 Å². The highest BCUT2D eigenvalue weighted by Gasteiger charge is 2.19. The number of nitrogens with zero attached hydrogens (tertiary/aromatic N) is 6. The SMILES string of the molecule is Cn1cc2cc(Nc3nc(=O)n(Cc4ncc(Br)s4)c(=O)n3Cc3cc(F)c(F)cc3F)c(Cl)cc2n1. The van der Waals surface area contributed by atoms with Crippen LogP contribution in [0.25, 0.3) is 10.9 Å². The van der Waals surface area contributed by atoms with Crippen molar-refractivity contribution < 1.29 is 13.2 Å². The van der Waals surface area contributed by atoms with Gasteiger partial charge in [-0.25, -0.2) is 32.3 Å². The maximum Gasteiger partial charge on any atom is 0.355 e. The molecule has 0 spiro atoms. The van der Waals surface area contributed by atoms with E-state index in [0.29, 0.717) is 31.8 Å². The van der Waals surface area contributed by atoms with Crippen molar-refractivity contribution in [1.82, 2.24) is 28.9 Å². The molecular weight excluding hydrogens is 599 g/mol. The van der Waals surface area contributed by atoms with Crippen molar-refractivity contribution in [2.75, 3.05) is 5.32 Å². The number of halogens is 5. The number of hydrogen-bond acceptors (Lipinski definition) is 7. The van der Waals surface area contributed by atoms with Crippen LogP contribution in [-0.2, 0) is 20.1 Å². The zero-order valence-electron chi connectivity index (χ0n) is 18.7. The van der Waals surface area contributed by atoms with Crippen molar-refractivity contribution in [2.45, 2.75) is 13.1 Å². The highest BCUT2D eigenvalue weighted by Crippen LogP contribution is 2.29. The Labute approximate surface area is 222 Å². The summed E-state index contributed by atoms with van der Waals surface area (Å²) in [4.78, 5) is 34.4. The molecule has 0 unspecified atom stereocenters. The zero-order chi connectivity index (χ0) is 26.4. The monoisotopic (exact) mass is 611 g/mol. The quantitative estimate of drug-likeness (QED) is 0.285. The molecule has 15 heteroatoms. The lowest BCUT2D eigenvalue weighted by Crippen LogP contribution is -2.43. The number of aryl methyl sites for hydroxylation is 1. The molecule has 0 aliphatic carbocycles. The molecule has 3 heterocycles. The summed E-state index contributed by atoms with van der Waals surface area (Å²) in [6.07, 6.45) is 3.25. The van der Waals surface area contributed by atoms with Crippen LogP contribution in [0, 0.1) is 17.5 Å². The second-order valence-corrected chi connectivity index (χ2v) is 10.8. The summed E-state index contributed by atoms with van der Waals surface area (Å²) in [5.41, 5.74) is -1.22. The molecule has 0 saturated carbocycles. The van der Waals surface area contributed by atoms with Gasteiger partial charge in [-0.15, -0.1) is 11.3 Å². The third-order valence-electron chi connectivity index (χ3n) is 5.34. The predicted octanol–water partition coefficient (Wildman–Crippen LogP) is 4.42. The average molecular weight is 613 g/mol. The van der Waals surface area contributed by atoms with Crippen LogP contribution in [-0.4, -0.2) is 28.9 Å². The third kappa shape index (κ3) is 5.04. The molecule has 37 heavy (non-hydrogen) atoms. The molecule has 3 aromatic heterocycles. The van der Waals surface area contributed by atoms with Crippen LogP contribution in [0.1, 0.15) is 10.6 Å². The van der Waals surface area contributed by atoms with Gasteiger partial charge in [0, 0.05) is 30.3 Å². The molecule has 190 valence electrons. The lowest BCUT2D eigenvalue weighted by atomic mass is 10.2. The van der Waals surface area contributed by atoms with Crippen LogP contribution in [0.15, 0.2) is 50.0 Å². The Hall–Kier alpha value is -3.49. The predicted molar refractivity (Wildman–Crippen MR) is 136 cm³/mol. The van der Waals surface area contributed by atoms with E-state index in [1.807, 2.05) is 0 Å². The van der Waals surface area contributed by atoms with E-state index in [9.17, 15) is 22.8 Å². The molecule has 0 atom stereocenters. The number of thiazole rings is 1. The van der Waals surface area contributed by atoms with Gasteiger partial charge in [-0.2, -0.15) is 10.1 Å². The minimum atomic E-state index is -1.37. The lowest BCUT2D eigenvalue weighted by molar-refractivity contribution is 0.485. The molecule has 2 aromatic carbocycles. The summed E-state index contributed by atoms with van der Waals surface area (Å²) >= 11 is 10.9. The molecule has 9 nitrogen and oxygen atoms in total. The zero-order valence-corrected chi connectivity index (χ0v) is 21.8. The third-order valence-corrected chi connectivity index (χ3v) is 7.11. The van der Waals surface area contributed by atoms with E-state index in [1.54, 1.807) is 30.1 Å². The molecule has 1 N–H and O–H groups in total. The highest BCUT2D eigenvalue weighted by molar-refractivity contribution is 9.11. The Bertz CT molecular complexity index is 1800. The standard InChI is InChI=1S/C22H14BrClF3N7O2S/c1-32-7-11-3-17(12(24)4-16(11)31-32)29-20-30-21(35)34(9-19-28-6-18(23)37-19)22(36)33(20)8-10-2-14(26)15(27)5-13(10)25/h2-7H,8-9H2,1H3,(H,29,30,35). The maximum atomic E-state index is 14.5. The van der Waals surface area contributed by atoms with Gasteiger partial charge in [-0.3, -0.25) is 9.25 Å². The largest absolute Gasteiger partial charge is 0.355 e. The minimum Gasteiger partial charge on any atom is -0.324 e. The molecule has 0 aliphatic rings. The van der Waals surface area contributed by atoms with Gasteiger partial charge in [-0.05, 0) is 34.1 Å². The van der Waals surface area contributed by atoms with Crippen molar-refractivity contribution >= 4 is 61.4 Å². The van der Waals surface area contributed by atoms with Crippen LogP contribution in [0.4, 0.5) is 24.8 Å². The van der Waals surface area contributed by atoms with Crippen molar-refractivity contribution in [2.24, 2.45) is 7.05 Å². The molecule has 0 aliphatic heterocycles. The Morgan fingerprint density at radius 3 is 2.54 bits per heavy atom. The molecule has 0 bridgehead atoms. The van der Waals surface area contributed by atoms with E-state index >= 15 is 0 Å². The van der Waals surface area contributed by atoms with Gasteiger partial charge in [0.2, 0.25) is 5.95 Å². The topological polar surface area (TPSA) is 99.6 Å². The molecule has 5 rings (SSSR count). The van der Waals surface area contributed by atoms with Gasteiger partial charge < -0.3 is 5.32 Å². The molecule has 0 radical (unpaired) electrons. The number of aromatic nitrogens is 6. The Balaban J connectivity index is 1.64. The first-order chi connectivity index (χ1) is 17.6. The van der Waals surface area contributed by atoms with E-state index in [1.165, 1.54) is 17.5 Å². The average Bonchev–Trinajstić information content (AvgIpc) is 3.40. The maximum absolute atomic E-state index is 14.5. The number of hydrogen-bond donors (Lipinski definition) is 1. The normalized spacial score (nSPS) is 11.4. The van der Waals surface area contributed by atoms with E-state index in [-0.39, 0.29) is 28.8 Å². The van der Waals surface area contributed by atoms with Crippen LogP contribution in [0.3, 0.4) is 0 Å². The first-order valence-corrected chi connectivity index (χ1v) is 12.4. The van der Waals surface area contributed by atoms with Gasteiger partial charge in [0.05, 0.1) is 39.3 Å². The van der Waals surface area contributed by atoms with E-state index in [2.05, 4.69) is 36.3 Å². The van der Waals surface area contributed by atoms with Gasteiger partial charge in [0.15, 0.2) is 11.6 Å². The van der Waals surface area contributed by atoms with E-state index in [0.717, 1.165) is 9.13 Å². The Morgan fingerprint density at radius 1 is 1.05 bits per heavy atom. The fourth-order valence-corrected chi connectivity index (χ4v) is 5.14. The Kier molecular flexibility index (Phi) is 6.64. The number of anilines is 2. The lowest BCUT2D eigenvalue weighted by Gasteiger charge is -2.16. The number of benzene rings is 2. The summed E-state index contributed by atoms with van der Waals surface area (Å²) < 4.78 is 45.9. The summed E-state index contributed by atoms with van der Waals surface area (Å²) in [6, 6.07) is 4.24. The van der Waals surface area contributed by atoms with Crippen LogP contribution >= 0.6 is 38.9 Å². The highest BCUT2D eigenvalue weighted by atomic mass is 79.9. The first-order valence-electron chi connectivity index (χ1n) is 10.4. The second kappa shape index (κ2) is 9.76. The molecule has 0 fully saturated rings. The smallest absolute Gasteiger partial charge is 0.324 e. The summed E-state index contributed by atoms with van der Waals surface area (Å²) in [7, 11) is 1.73. The van der Waals surface area contributed by atoms with Crippen molar-refractivity contribution in [1.29, 1.82) is 0 Å². The van der Waals surface area contributed by atoms with Crippen LogP contribution < -0.4 is 16.7 Å². The Morgan fingerprint density at radius 2 is 1.81 bits per heavy atom. The van der Waals surface area contributed by atoms with E-state index in [4.69, 9.17) is 11.6 Å². The van der Waals surface area contributed by atoms with Gasteiger partial charge in [0.25, 0.3) is 0 Å². The van der Waals surface area contributed by atoms with Crippen LogP contribution in [0.5, 0.6) is 0 Å². The first kappa shape index (κ1) is 25.2. The number of fused-ring (bicyclic) bond motifs is 1. The fraction of sp³-hybridized carbons (Fsp3) is 0.136. The summed E-state index contributed by atoms with van der Waals surface area (Å²) in [6.45, 7) is -0.768. The summed E-state index contributed by atoms with van der Waals surface area (Å²) in [5.74, 6) is -4.02. The molecule has 0 saturated heterocycles. The summed E-state index contributed by atoms with van der Waals surface area (Å²) in [5, 5.41) is 8.46. The number of rotatable bonds is 6. The second-order valence-electron chi connectivity index (χ2n) is 7.91. The fourth-order valence-electron chi connectivity index (χ4n) is 3.64. The van der Waals surface area contributed by atoms with Gasteiger partial charge in [-0.1, -0.05) is 11.6 Å². The molecular formula is C22H14BrClF3N7O2S. The van der Waals surface area contributed by atoms with Crippen molar-refractivity contribution in [3.8, 4) is 0 Å². The van der Waals surface area contributed by atoms with E-state index < -0.39 is 35.4 Å². The number of nitrogens with one attached hydrogen (secondary N) is 1. The van der Waals surface area contributed by atoms with Gasteiger partial charge >= 0.3 is 11.4 Å². The van der Waals surface area contributed by atoms with Crippen molar-refractivity contribution in [3.05, 3.63) is 94.5 Å². The molecule has 5 aromatic rings. The van der Waals surface area contributed by atoms with Crippen molar-refractivity contribution in [3.63, 3.8) is 0 Å².